The van der Waals surface area contributed by atoms with E-state index in [1.807, 2.05) is 0 Å². The Kier molecular flexibility index (Phi) is 4.59. The third-order valence-corrected chi connectivity index (χ3v) is 3.64. The van der Waals surface area contributed by atoms with Crippen molar-refractivity contribution in [1.82, 2.24) is 10.2 Å². The molecule has 0 unspecified atom stereocenters. The summed E-state index contributed by atoms with van der Waals surface area (Å²) in [5, 5.41) is 3.14. The first-order chi connectivity index (χ1) is 9.43. The van der Waals surface area contributed by atoms with Gasteiger partial charge in [0.2, 0.25) is 5.82 Å². The van der Waals surface area contributed by atoms with Gasteiger partial charge >= 0.3 is 0 Å². The minimum absolute atomic E-state index is 0.0613. The Morgan fingerprint density at radius 3 is 1.85 bits per heavy atom. The van der Waals surface area contributed by atoms with Crippen molar-refractivity contribution in [2.75, 3.05) is 20.1 Å². The van der Waals surface area contributed by atoms with Crippen LogP contribution in [0, 0.1) is 29.1 Å². The molecule has 1 fully saturated rings. The summed E-state index contributed by atoms with van der Waals surface area (Å²) in [6, 6.07) is 0.0613. The normalized spacial score (nSPS) is 16.9. The summed E-state index contributed by atoms with van der Waals surface area (Å²) in [4.78, 5) is 1.62. The highest BCUT2D eigenvalue weighted by atomic mass is 19.2. The molecule has 112 valence electrons. The molecule has 20 heavy (non-hydrogen) atoms. The van der Waals surface area contributed by atoms with Gasteiger partial charge in [-0.2, -0.15) is 0 Å². The molecular formula is C13H15F5N2. The van der Waals surface area contributed by atoms with Crippen LogP contribution in [0.15, 0.2) is 0 Å². The topological polar surface area (TPSA) is 15.3 Å². The van der Waals surface area contributed by atoms with Crippen LogP contribution in [0.3, 0.4) is 0 Å². The smallest absolute Gasteiger partial charge is 0.200 e. The van der Waals surface area contributed by atoms with Gasteiger partial charge in [0.15, 0.2) is 23.3 Å². The van der Waals surface area contributed by atoms with Gasteiger partial charge in [-0.3, -0.25) is 4.90 Å². The van der Waals surface area contributed by atoms with Crippen molar-refractivity contribution in [1.29, 1.82) is 0 Å². The van der Waals surface area contributed by atoms with Gasteiger partial charge in [0.25, 0.3) is 0 Å². The van der Waals surface area contributed by atoms with Crippen LogP contribution in [-0.2, 0) is 6.54 Å². The van der Waals surface area contributed by atoms with Crippen molar-refractivity contribution in [3.05, 3.63) is 34.6 Å². The molecule has 1 aromatic carbocycles. The van der Waals surface area contributed by atoms with E-state index in [4.69, 9.17) is 0 Å². The Labute approximate surface area is 113 Å². The first-order valence-corrected chi connectivity index (χ1v) is 6.34. The zero-order chi connectivity index (χ0) is 14.9. The van der Waals surface area contributed by atoms with Crippen LogP contribution < -0.4 is 5.32 Å². The second kappa shape index (κ2) is 6.05. The molecule has 1 aromatic rings. The van der Waals surface area contributed by atoms with Crippen LogP contribution in [0.4, 0.5) is 22.0 Å². The molecule has 0 radical (unpaired) electrons. The molecule has 0 aliphatic carbocycles. The summed E-state index contributed by atoms with van der Waals surface area (Å²) in [6.45, 7) is 1.23. The minimum atomic E-state index is -2.12. The lowest BCUT2D eigenvalue weighted by Gasteiger charge is -2.31. The quantitative estimate of drug-likeness (QED) is 0.523. The van der Waals surface area contributed by atoms with Gasteiger partial charge in [0, 0.05) is 18.2 Å². The highest BCUT2D eigenvalue weighted by Crippen LogP contribution is 2.25. The molecule has 1 heterocycles. The molecule has 0 spiro atoms. The Morgan fingerprint density at radius 1 is 0.900 bits per heavy atom. The molecule has 1 aliphatic heterocycles. The van der Waals surface area contributed by atoms with Gasteiger partial charge in [-0.1, -0.05) is 0 Å². The molecule has 2 rings (SSSR count). The van der Waals surface area contributed by atoms with E-state index in [1.165, 1.54) is 0 Å². The summed E-state index contributed by atoms with van der Waals surface area (Å²) in [5.74, 6) is -9.40. The second-order valence-corrected chi connectivity index (χ2v) is 4.94. The van der Waals surface area contributed by atoms with E-state index in [1.54, 1.807) is 11.9 Å². The fourth-order valence-electron chi connectivity index (χ4n) is 2.42. The van der Waals surface area contributed by atoms with E-state index in [2.05, 4.69) is 5.32 Å². The van der Waals surface area contributed by atoms with Crippen LogP contribution in [0.5, 0.6) is 0 Å². The number of piperidine rings is 1. The van der Waals surface area contributed by atoms with E-state index in [-0.39, 0.29) is 12.6 Å². The largest absolute Gasteiger partial charge is 0.317 e. The van der Waals surface area contributed by atoms with Crippen LogP contribution in [0.25, 0.3) is 0 Å². The van der Waals surface area contributed by atoms with E-state index >= 15 is 0 Å². The van der Waals surface area contributed by atoms with Gasteiger partial charge in [0.1, 0.15) is 0 Å². The molecule has 2 nitrogen and oxygen atoms in total. The van der Waals surface area contributed by atoms with Gasteiger partial charge in [-0.15, -0.1) is 0 Å². The molecular weight excluding hydrogens is 279 g/mol. The Hall–Kier alpha value is -1.21. The molecule has 1 aliphatic rings. The van der Waals surface area contributed by atoms with Crippen LogP contribution in [0.1, 0.15) is 18.4 Å². The van der Waals surface area contributed by atoms with Gasteiger partial charge in [-0.05, 0) is 33.0 Å². The average Bonchev–Trinajstić information content (AvgIpc) is 2.48. The van der Waals surface area contributed by atoms with E-state index < -0.39 is 34.6 Å². The van der Waals surface area contributed by atoms with Crippen LogP contribution in [-0.4, -0.2) is 31.1 Å². The van der Waals surface area contributed by atoms with Crippen molar-refractivity contribution in [2.24, 2.45) is 0 Å². The number of hydrogen-bond donors (Lipinski definition) is 1. The van der Waals surface area contributed by atoms with E-state index in [9.17, 15) is 22.0 Å². The number of nitrogens with zero attached hydrogens (tertiary/aromatic N) is 1. The van der Waals surface area contributed by atoms with Crippen molar-refractivity contribution < 1.29 is 22.0 Å². The van der Waals surface area contributed by atoms with Crippen LogP contribution in [0.2, 0.25) is 0 Å². The first-order valence-electron chi connectivity index (χ1n) is 6.34. The minimum Gasteiger partial charge on any atom is -0.317 e. The standard InChI is InChI=1S/C13H15F5N2/c1-20(7-2-4-19-5-3-7)6-8-9(14)11(16)13(18)12(17)10(8)15/h7,19H,2-6H2,1H3. The highest BCUT2D eigenvalue weighted by molar-refractivity contribution is 5.24. The van der Waals surface area contributed by atoms with E-state index in [0.717, 1.165) is 25.9 Å². The molecule has 0 atom stereocenters. The van der Waals surface area contributed by atoms with Crippen molar-refractivity contribution in [3.63, 3.8) is 0 Å². The monoisotopic (exact) mass is 294 g/mol. The van der Waals surface area contributed by atoms with Gasteiger partial charge in [-0.25, -0.2) is 22.0 Å². The third-order valence-electron chi connectivity index (χ3n) is 3.64. The summed E-state index contributed by atoms with van der Waals surface area (Å²) in [7, 11) is 1.62. The summed E-state index contributed by atoms with van der Waals surface area (Å²) < 4.78 is 66.3. The number of rotatable bonds is 3. The maximum Gasteiger partial charge on any atom is 0.200 e. The SMILES string of the molecule is CN(Cc1c(F)c(F)c(F)c(F)c1F)C1CCNCC1. The lowest BCUT2D eigenvalue weighted by atomic mass is 10.0. The summed E-state index contributed by atoms with van der Waals surface area (Å²) in [5.41, 5.74) is -0.776. The lowest BCUT2D eigenvalue weighted by molar-refractivity contribution is 0.185. The Balaban J connectivity index is 2.24. The van der Waals surface area contributed by atoms with E-state index in [0.29, 0.717) is 0 Å². The maximum atomic E-state index is 13.6. The Bertz CT molecular complexity index is 471. The molecule has 0 bridgehead atoms. The van der Waals surface area contributed by atoms with Crippen molar-refractivity contribution in [3.8, 4) is 0 Å². The average molecular weight is 294 g/mol. The molecule has 0 saturated carbocycles. The zero-order valence-electron chi connectivity index (χ0n) is 10.9. The van der Waals surface area contributed by atoms with Crippen molar-refractivity contribution >= 4 is 0 Å². The fourth-order valence-corrected chi connectivity index (χ4v) is 2.42. The lowest BCUT2D eigenvalue weighted by Crippen LogP contribution is -2.41. The fraction of sp³-hybridized carbons (Fsp3) is 0.538. The third kappa shape index (κ3) is 2.78. The molecule has 1 N–H and O–H groups in total. The zero-order valence-corrected chi connectivity index (χ0v) is 10.9. The molecule has 0 aromatic heterocycles. The summed E-state index contributed by atoms with van der Waals surface area (Å²) >= 11 is 0. The number of hydrogen-bond acceptors (Lipinski definition) is 2. The highest BCUT2D eigenvalue weighted by Gasteiger charge is 2.27. The second-order valence-electron chi connectivity index (χ2n) is 4.94. The predicted molar refractivity (Wildman–Crippen MR) is 63.6 cm³/mol. The number of nitrogens with one attached hydrogen (secondary N) is 1. The molecule has 0 amide bonds. The van der Waals surface area contributed by atoms with Gasteiger partial charge < -0.3 is 5.32 Å². The van der Waals surface area contributed by atoms with Crippen LogP contribution >= 0.6 is 0 Å². The Morgan fingerprint density at radius 2 is 1.35 bits per heavy atom. The molecule has 7 heteroatoms. The summed E-state index contributed by atoms with van der Waals surface area (Å²) in [6.07, 6.45) is 1.54. The predicted octanol–water partition coefficient (Wildman–Crippen LogP) is 2.57. The first kappa shape index (κ1) is 15.2. The van der Waals surface area contributed by atoms with Crippen molar-refractivity contribution in [2.45, 2.75) is 25.4 Å². The van der Waals surface area contributed by atoms with Gasteiger partial charge in [0.05, 0.1) is 0 Å². The number of benzene rings is 1. The number of halogens is 5. The maximum absolute atomic E-state index is 13.6. The molecule has 1 saturated heterocycles.